The summed E-state index contributed by atoms with van der Waals surface area (Å²) >= 11 is 5.74. The van der Waals surface area contributed by atoms with Gasteiger partial charge in [0, 0.05) is 17.6 Å². The molecule has 1 aromatic rings. The Morgan fingerprint density at radius 2 is 1.86 bits per heavy atom. The minimum Gasteiger partial charge on any atom is -0.353 e. The average molecular weight is 333 g/mol. The first kappa shape index (κ1) is 17.9. The molecular formula is C14H21ClN2O3S. The molecule has 0 bridgehead atoms. The molecule has 0 saturated heterocycles. The van der Waals surface area contributed by atoms with Gasteiger partial charge in [-0.1, -0.05) is 11.6 Å². The number of carbonyl (C=O) groups is 1. The van der Waals surface area contributed by atoms with Gasteiger partial charge in [0.25, 0.3) is 0 Å². The summed E-state index contributed by atoms with van der Waals surface area (Å²) in [5.74, 6) is -0.156. The third kappa shape index (κ3) is 6.46. The van der Waals surface area contributed by atoms with Crippen molar-refractivity contribution in [1.29, 1.82) is 0 Å². The predicted octanol–water partition coefficient (Wildman–Crippen LogP) is 1.57. The smallest absolute Gasteiger partial charge is 0.234 e. The Morgan fingerprint density at radius 1 is 1.29 bits per heavy atom. The number of nitrogens with one attached hydrogen (secondary N) is 1. The molecule has 0 aromatic heterocycles. The molecule has 0 unspecified atom stereocenters. The van der Waals surface area contributed by atoms with Crippen LogP contribution in [0.3, 0.4) is 0 Å². The highest BCUT2D eigenvalue weighted by molar-refractivity contribution is 7.91. The monoisotopic (exact) mass is 332 g/mol. The second-order valence-corrected chi connectivity index (χ2v) is 7.78. The topological polar surface area (TPSA) is 66.5 Å². The van der Waals surface area contributed by atoms with Crippen molar-refractivity contribution in [3.05, 3.63) is 29.3 Å². The van der Waals surface area contributed by atoms with E-state index >= 15 is 0 Å². The normalized spacial score (nSPS) is 11.9. The van der Waals surface area contributed by atoms with Crippen LogP contribution in [0.25, 0.3) is 0 Å². The van der Waals surface area contributed by atoms with Gasteiger partial charge in [0.05, 0.1) is 17.2 Å². The van der Waals surface area contributed by atoms with Crippen LogP contribution >= 0.6 is 11.6 Å². The standard InChI is InChI=1S/C14H21ClN2O3S/c1-11(2)16-14(18)10-17(3)8-9-21(19,20)13-6-4-12(15)5-7-13/h4-7,11H,8-10H2,1-3H3,(H,16,18). The number of amides is 1. The Kier molecular flexibility index (Phi) is 6.64. The van der Waals surface area contributed by atoms with E-state index in [1.165, 1.54) is 12.1 Å². The molecule has 0 saturated carbocycles. The lowest BCUT2D eigenvalue weighted by Crippen LogP contribution is -2.39. The summed E-state index contributed by atoms with van der Waals surface area (Å²) in [5, 5.41) is 3.26. The van der Waals surface area contributed by atoms with Crippen LogP contribution in [0.2, 0.25) is 5.02 Å². The lowest BCUT2D eigenvalue weighted by Gasteiger charge is -2.17. The number of likely N-dealkylation sites (N-methyl/N-ethyl adjacent to an activating group) is 1. The van der Waals surface area contributed by atoms with E-state index in [1.807, 2.05) is 13.8 Å². The van der Waals surface area contributed by atoms with Crippen molar-refractivity contribution < 1.29 is 13.2 Å². The van der Waals surface area contributed by atoms with Gasteiger partial charge < -0.3 is 5.32 Å². The molecule has 0 radical (unpaired) electrons. The van der Waals surface area contributed by atoms with Gasteiger partial charge in [-0.05, 0) is 45.2 Å². The van der Waals surface area contributed by atoms with Gasteiger partial charge in [0.2, 0.25) is 5.91 Å². The molecule has 0 aliphatic carbocycles. The minimum atomic E-state index is -3.36. The lowest BCUT2D eigenvalue weighted by molar-refractivity contribution is -0.122. The van der Waals surface area contributed by atoms with Gasteiger partial charge in [-0.15, -0.1) is 0 Å². The number of halogens is 1. The predicted molar refractivity (Wildman–Crippen MR) is 84.3 cm³/mol. The highest BCUT2D eigenvalue weighted by Gasteiger charge is 2.16. The van der Waals surface area contributed by atoms with Crippen molar-refractivity contribution in [2.75, 3.05) is 25.9 Å². The fraction of sp³-hybridized carbons (Fsp3) is 0.500. The highest BCUT2D eigenvalue weighted by Crippen LogP contribution is 2.15. The van der Waals surface area contributed by atoms with Gasteiger partial charge in [0.15, 0.2) is 9.84 Å². The Hall–Kier alpha value is -1.11. The van der Waals surface area contributed by atoms with E-state index in [1.54, 1.807) is 24.1 Å². The quantitative estimate of drug-likeness (QED) is 0.823. The molecule has 0 aliphatic rings. The van der Waals surface area contributed by atoms with Crippen LogP contribution in [0.5, 0.6) is 0 Å². The Labute approximate surface area is 131 Å². The SMILES string of the molecule is CC(C)NC(=O)CN(C)CCS(=O)(=O)c1ccc(Cl)cc1. The number of hydrogen-bond acceptors (Lipinski definition) is 4. The number of hydrogen-bond donors (Lipinski definition) is 1. The van der Waals surface area contributed by atoms with Crippen molar-refractivity contribution in [3.8, 4) is 0 Å². The zero-order valence-electron chi connectivity index (χ0n) is 12.5. The summed E-state index contributed by atoms with van der Waals surface area (Å²) in [5.41, 5.74) is 0. The summed E-state index contributed by atoms with van der Waals surface area (Å²) in [6, 6.07) is 6.15. The molecule has 0 heterocycles. The number of benzene rings is 1. The molecule has 0 fully saturated rings. The molecule has 1 rings (SSSR count). The van der Waals surface area contributed by atoms with Crippen LogP contribution in [0.4, 0.5) is 0 Å². The minimum absolute atomic E-state index is 0.0416. The molecule has 1 aromatic carbocycles. The van der Waals surface area contributed by atoms with E-state index in [4.69, 9.17) is 11.6 Å². The Balaban J connectivity index is 2.53. The zero-order valence-corrected chi connectivity index (χ0v) is 14.0. The van der Waals surface area contributed by atoms with Crippen LogP contribution in [0.15, 0.2) is 29.2 Å². The second-order valence-electron chi connectivity index (χ2n) is 5.23. The molecular weight excluding hydrogens is 312 g/mol. The molecule has 21 heavy (non-hydrogen) atoms. The zero-order chi connectivity index (χ0) is 16.0. The first-order chi connectivity index (χ1) is 9.70. The van der Waals surface area contributed by atoms with E-state index < -0.39 is 9.84 Å². The maximum Gasteiger partial charge on any atom is 0.234 e. The molecule has 118 valence electrons. The molecule has 0 aliphatic heterocycles. The third-order valence-electron chi connectivity index (χ3n) is 2.78. The van der Waals surface area contributed by atoms with Gasteiger partial charge in [-0.3, -0.25) is 9.69 Å². The first-order valence-corrected chi connectivity index (χ1v) is 8.70. The fourth-order valence-electron chi connectivity index (χ4n) is 1.73. The first-order valence-electron chi connectivity index (χ1n) is 6.67. The number of rotatable bonds is 7. The summed E-state index contributed by atoms with van der Waals surface area (Å²) in [7, 11) is -1.64. The fourth-order valence-corrected chi connectivity index (χ4v) is 3.19. The van der Waals surface area contributed by atoms with E-state index in [2.05, 4.69) is 5.32 Å². The van der Waals surface area contributed by atoms with E-state index in [0.29, 0.717) is 5.02 Å². The van der Waals surface area contributed by atoms with Crippen molar-refractivity contribution in [2.45, 2.75) is 24.8 Å². The van der Waals surface area contributed by atoms with E-state index in [0.717, 1.165) is 0 Å². The summed E-state index contributed by atoms with van der Waals surface area (Å²) in [6.45, 7) is 4.22. The van der Waals surface area contributed by atoms with Crippen LogP contribution in [-0.4, -0.2) is 51.2 Å². The number of nitrogens with zero attached hydrogens (tertiary/aromatic N) is 1. The maximum atomic E-state index is 12.1. The second kappa shape index (κ2) is 7.77. The van der Waals surface area contributed by atoms with Crippen molar-refractivity contribution in [2.24, 2.45) is 0 Å². The van der Waals surface area contributed by atoms with Crippen molar-refractivity contribution >= 4 is 27.3 Å². The molecule has 0 atom stereocenters. The van der Waals surface area contributed by atoms with Gasteiger partial charge in [-0.2, -0.15) is 0 Å². The van der Waals surface area contributed by atoms with Gasteiger partial charge in [-0.25, -0.2) is 8.42 Å². The van der Waals surface area contributed by atoms with Gasteiger partial charge >= 0.3 is 0 Å². The Morgan fingerprint density at radius 3 is 2.38 bits per heavy atom. The highest BCUT2D eigenvalue weighted by atomic mass is 35.5. The van der Waals surface area contributed by atoms with Crippen molar-refractivity contribution in [1.82, 2.24) is 10.2 Å². The average Bonchev–Trinajstić information content (AvgIpc) is 2.36. The summed E-state index contributed by atoms with van der Waals surface area (Å²) < 4.78 is 24.3. The molecule has 0 spiro atoms. The molecule has 1 amide bonds. The van der Waals surface area contributed by atoms with E-state index in [-0.39, 0.29) is 35.7 Å². The lowest BCUT2D eigenvalue weighted by atomic mass is 10.4. The summed E-state index contributed by atoms with van der Waals surface area (Å²) in [6.07, 6.45) is 0. The largest absolute Gasteiger partial charge is 0.353 e. The molecule has 1 N–H and O–H groups in total. The van der Waals surface area contributed by atoms with Gasteiger partial charge in [0.1, 0.15) is 0 Å². The van der Waals surface area contributed by atoms with Crippen LogP contribution < -0.4 is 5.32 Å². The Bertz CT molecular complexity index is 570. The van der Waals surface area contributed by atoms with Crippen molar-refractivity contribution in [3.63, 3.8) is 0 Å². The third-order valence-corrected chi connectivity index (χ3v) is 4.74. The van der Waals surface area contributed by atoms with E-state index in [9.17, 15) is 13.2 Å². The summed E-state index contributed by atoms with van der Waals surface area (Å²) in [4.78, 5) is 13.5. The van der Waals surface area contributed by atoms with Crippen LogP contribution in [0, 0.1) is 0 Å². The molecule has 5 nitrogen and oxygen atoms in total. The molecule has 7 heteroatoms. The maximum absolute atomic E-state index is 12.1. The van der Waals surface area contributed by atoms with Crippen LogP contribution in [0.1, 0.15) is 13.8 Å². The van der Waals surface area contributed by atoms with Crippen LogP contribution in [-0.2, 0) is 14.6 Å². The number of carbonyl (C=O) groups excluding carboxylic acids is 1. The number of sulfone groups is 1.